The molecular formula is C18H20N4O6. The average Bonchev–Trinajstić information content (AvgIpc) is 2.95. The Labute approximate surface area is 160 Å². The largest absolute Gasteiger partial charge is 0.395 e. The van der Waals surface area contributed by atoms with E-state index >= 15 is 0 Å². The Morgan fingerprint density at radius 3 is 2.54 bits per heavy atom. The predicted molar refractivity (Wildman–Crippen MR) is 98.4 cm³/mol. The molecule has 0 atom stereocenters. The molecule has 10 nitrogen and oxygen atoms in total. The van der Waals surface area contributed by atoms with Crippen molar-refractivity contribution in [3.63, 3.8) is 0 Å². The first-order valence-corrected chi connectivity index (χ1v) is 8.95. The van der Waals surface area contributed by atoms with Crippen LogP contribution >= 0.6 is 0 Å². The first-order chi connectivity index (χ1) is 13.4. The molecule has 0 aliphatic carbocycles. The monoisotopic (exact) mass is 388 g/mol. The lowest BCUT2D eigenvalue weighted by atomic mass is 10.1. The number of hydrogen-bond donors (Lipinski definition) is 2. The highest BCUT2D eigenvalue weighted by Gasteiger charge is 2.31. The number of nitro groups is 1. The zero-order valence-corrected chi connectivity index (χ0v) is 15.1. The van der Waals surface area contributed by atoms with Crippen molar-refractivity contribution in [1.82, 2.24) is 9.80 Å². The van der Waals surface area contributed by atoms with Crippen LogP contribution in [0.4, 0.5) is 11.4 Å². The number of piperidine rings is 1. The van der Waals surface area contributed by atoms with Crippen molar-refractivity contribution in [2.45, 2.75) is 19.3 Å². The molecule has 0 radical (unpaired) electrons. The lowest BCUT2D eigenvalue weighted by Gasteiger charge is -2.26. The minimum Gasteiger partial charge on any atom is -0.395 e. The summed E-state index contributed by atoms with van der Waals surface area (Å²) >= 11 is 0. The number of rotatable bonds is 6. The Hall–Kier alpha value is -3.27. The lowest BCUT2D eigenvalue weighted by Crippen LogP contribution is -2.35. The molecule has 2 heterocycles. The van der Waals surface area contributed by atoms with Gasteiger partial charge in [-0.15, -0.1) is 0 Å². The third-order valence-electron chi connectivity index (χ3n) is 4.63. The van der Waals surface area contributed by atoms with Gasteiger partial charge >= 0.3 is 0 Å². The number of carbonyl (C=O) groups is 3. The first-order valence-electron chi connectivity index (χ1n) is 8.95. The minimum absolute atomic E-state index is 0.0738. The number of nitro benzene ring substituents is 1. The molecule has 0 saturated carbocycles. The quantitative estimate of drug-likeness (QED) is 0.420. The number of carbonyl (C=O) groups excluding carboxylic acids is 3. The summed E-state index contributed by atoms with van der Waals surface area (Å²) in [5, 5.41) is 22.9. The Balaban J connectivity index is 1.87. The molecule has 148 valence electrons. The second kappa shape index (κ2) is 8.17. The number of benzene rings is 1. The van der Waals surface area contributed by atoms with Gasteiger partial charge in [0.25, 0.3) is 23.4 Å². The smallest absolute Gasteiger partial charge is 0.277 e. The summed E-state index contributed by atoms with van der Waals surface area (Å²) in [6.45, 7) is 0.675. The number of aliphatic hydroxyl groups is 1. The second-order valence-electron chi connectivity index (χ2n) is 6.58. The van der Waals surface area contributed by atoms with Crippen LogP contribution in [0, 0.1) is 10.1 Å². The number of anilines is 1. The number of aliphatic hydroxyl groups excluding tert-OH is 1. The molecule has 0 unspecified atom stereocenters. The van der Waals surface area contributed by atoms with Gasteiger partial charge in [-0.05, 0) is 25.3 Å². The minimum atomic E-state index is -0.644. The molecule has 1 saturated heterocycles. The van der Waals surface area contributed by atoms with Crippen molar-refractivity contribution in [1.29, 1.82) is 0 Å². The van der Waals surface area contributed by atoms with E-state index in [2.05, 4.69) is 5.32 Å². The molecular weight excluding hydrogens is 368 g/mol. The molecule has 0 spiro atoms. The van der Waals surface area contributed by atoms with Crippen LogP contribution in [0.1, 0.15) is 29.6 Å². The van der Waals surface area contributed by atoms with Crippen LogP contribution in [0.5, 0.6) is 0 Å². The molecule has 1 aromatic carbocycles. The zero-order chi connectivity index (χ0) is 20.3. The van der Waals surface area contributed by atoms with Crippen LogP contribution in [0.25, 0.3) is 0 Å². The van der Waals surface area contributed by atoms with Crippen molar-refractivity contribution in [2.75, 3.05) is 31.6 Å². The van der Waals surface area contributed by atoms with Crippen molar-refractivity contribution in [3.8, 4) is 0 Å². The van der Waals surface area contributed by atoms with Gasteiger partial charge in [-0.1, -0.05) is 0 Å². The van der Waals surface area contributed by atoms with Gasteiger partial charge in [0.2, 0.25) is 0 Å². The number of non-ortho nitro benzene ring substituents is 1. The maximum absolute atomic E-state index is 12.7. The van der Waals surface area contributed by atoms with E-state index in [0.29, 0.717) is 13.1 Å². The highest BCUT2D eigenvalue weighted by Crippen LogP contribution is 2.25. The van der Waals surface area contributed by atoms with Crippen molar-refractivity contribution >= 4 is 29.1 Å². The van der Waals surface area contributed by atoms with E-state index in [4.69, 9.17) is 5.11 Å². The first kappa shape index (κ1) is 19.5. The molecule has 28 heavy (non-hydrogen) atoms. The Morgan fingerprint density at radius 2 is 1.89 bits per heavy atom. The zero-order valence-electron chi connectivity index (χ0n) is 15.1. The summed E-state index contributed by atoms with van der Waals surface area (Å²) in [7, 11) is 0. The molecule has 10 heteroatoms. The normalized spacial score (nSPS) is 17.0. The third kappa shape index (κ3) is 4.01. The molecule has 2 N–H and O–H groups in total. The van der Waals surface area contributed by atoms with E-state index in [1.807, 2.05) is 0 Å². The van der Waals surface area contributed by atoms with E-state index in [0.717, 1.165) is 30.2 Å². The SMILES string of the molecule is O=C(c1cc(NC2=CC(=O)N(CCO)C2=O)cc([N+](=O)[O-])c1)N1CCCCC1. The van der Waals surface area contributed by atoms with E-state index in [1.54, 1.807) is 4.90 Å². The lowest BCUT2D eigenvalue weighted by molar-refractivity contribution is -0.384. The van der Waals surface area contributed by atoms with Crippen LogP contribution in [-0.2, 0) is 9.59 Å². The Kier molecular flexibility index (Phi) is 5.69. The summed E-state index contributed by atoms with van der Waals surface area (Å²) in [6, 6.07) is 3.83. The third-order valence-corrected chi connectivity index (χ3v) is 4.63. The number of nitrogens with zero attached hydrogens (tertiary/aromatic N) is 3. The number of β-amino-alcohol motifs (C(OH)–C–C–N with tert-alkyl or cyclic N) is 1. The highest BCUT2D eigenvalue weighted by atomic mass is 16.6. The fourth-order valence-electron chi connectivity index (χ4n) is 3.26. The van der Waals surface area contributed by atoms with Crippen LogP contribution < -0.4 is 5.32 Å². The van der Waals surface area contributed by atoms with Gasteiger partial charge in [0.1, 0.15) is 5.70 Å². The van der Waals surface area contributed by atoms with Gasteiger partial charge in [0.15, 0.2) is 0 Å². The molecule has 3 amide bonds. The second-order valence-corrected chi connectivity index (χ2v) is 6.58. The van der Waals surface area contributed by atoms with E-state index in [-0.39, 0.29) is 41.7 Å². The van der Waals surface area contributed by atoms with Crippen LogP contribution in [0.15, 0.2) is 30.0 Å². The van der Waals surface area contributed by atoms with Gasteiger partial charge in [-0.25, -0.2) is 0 Å². The molecule has 2 aliphatic heterocycles. The van der Waals surface area contributed by atoms with Gasteiger partial charge in [0, 0.05) is 42.5 Å². The fraction of sp³-hybridized carbons (Fsp3) is 0.389. The molecule has 1 aromatic rings. The molecule has 0 bridgehead atoms. The fourth-order valence-corrected chi connectivity index (χ4v) is 3.26. The maximum Gasteiger partial charge on any atom is 0.277 e. The van der Waals surface area contributed by atoms with Crippen LogP contribution in [-0.4, -0.2) is 63.8 Å². The summed E-state index contributed by atoms with van der Waals surface area (Å²) < 4.78 is 0. The van der Waals surface area contributed by atoms with Gasteiger partial charge in [-0.3, -0.25) is 29.4 Å². The standard InChI is InChI=1S/C18H20N4O6/c23-7-6-21-16(24)11-15(18(21)26)19-13-8-12(9-14(10-13)22(27)28)17(25)20-4-2-1-3-5-20/h8-11,19,23H,1-7H2. The molecule has 0 aromatic heterocycles. The maximum atomic E-state index is 12.7. The van der Waals surface area contributed by atoms with Gasteiger partial charge in [0.05, 0.1) is 18.1 Å². The summed E-state index contributed by atoms with van der Waals surface area (Å²) in [6.07, 6.45) is 3.87. The van der Waals surface area contributed by atoms with Crippen molar-refractivity contribution in [2.24, 2.45) is 0 Å². The highest BCUT2D eigenvalue weighted by molar-refractivity contribution is 6.17. The van der Waals surface area contributed by atoms with E-state index in [1.165, 1.54) is 18.2 Å². The summed E-state index contributed by atoms with van der Waals surface area (Å²) in [4.78, 5) is 50.0. The number of nitrogens with one attached hydrogen (secondary N) is 1. The molecule has 3 rings (SSSR count). The van der Waals surface area contributed by atoms with Crippen LogP contribution in [0.2, 0.25) is 0 Å². The number of imide groups is 1. The predicted octanol–water partition coefficient (Wildman–Crippen LogP) is 0.878. The Bertz CT molecular complexity index is 860. The van der Waals surface area contributed by atoms with Gasteiger partial charge in [-0.2, -0.15) is 0 Å². The number of hydrogen-bond acceptors (Lipinski definition) is 7. The van der Waals surface area contributed by atoms with E-state index in [9.17, 15) is 24.5 Å². The molecule has 2 aliphatic rings. The average molecular weight is 388 g/mol. The van der Waals surface area contributed by atoms with Gasteiger partial charge < -0.3 is 15.3 Å². The number of amides is 3. The Morgan fingerprint density at radius 1 is 1.18 bits per heavy atom. The van der Waals surface area contributed by atoms with E-state index < -0.39 is 16.7 Å². The summed E-state index contributed by atoms with van der Waals surface area (Å²) in [5.41, 5.74) is -0.0683. The number of likely N-dealkylation sites (tertiary alicyclic amines) is 1. The van der Waals surface area contributed by atoms with Crippen molar-refractivity contribution < 1.29 is 24.4 Å². The topological polar surface area (TPSA) is 133 Å². The van der Waals surface area contributed by atoms with Crippen LogP contribution in [0.3, 0.4) is 0 Å². The molecule has 1 fully saturated rings. The van der Waals surface area contributed by atoms with Crippen molar-refractivity contribution in [3.05, 3.63) is 45.6 Å². The summed E-state index contributed by atoms with van der Waals surface area (Å²) in [5.74, 6) is -1.54.